The molecule has 1 aliphatic carbocycles. The van der Waals surface area contributed by atoms with Gasteiger partial charge in [0.25, 0.3) is 0 Å². The Labute approximate surface area is 74.6 Å². The molecule has 1 heterocycles. The lowest BCUT2D eigenvalue weighted by molar-refractivity contribution is 0.0426. The molecular formula is C10H19NO. The highest BCUT2D eigenvalue weighted by molar-refractivity contribution is 4.79. The van der Waals surface area contributed by atoms with Crippen molar-refractivity contribution in [1.29, 1.82) is 0 Å². The van der Waals surface area contributed by atoms with Gasteiger partial charge >= 0.3 is 0 Å². The van der Waals surface area contributed by atoms with Gasteiger partial charge in [-0.2, -0.15) is 0 Å². The van der Waals surface area contributed by atoms with E-state index in [1.807, 2.05) is 0 Å². The smallest absolute Gasteiger partial charge is 0.0695 e. The Kier molecular flexibility index (Phi) is 2.66. The zero-order chi connectivity index (χ0) is 8.39. The topological polar surface area (TPSA) is 23.5 Å². The number of aliphatic hydroxyl groups excluding tert-OH is 1. The van der Waals surface area contributed by atoms with E-state index in [2.05, 4.69) is 4.90 Å². The summed E-state index contributed by atoms with van der Waals surface area (Å²) >= 11 is 0. The Morgan fingerprint density at radius 1 is 1.17 bits per heavy atom. The lowest BCUT2D eigenvalue weighted by Gasteiger charge is -2.34. The first-order valence-corrected chi connectivity index (χ1v) is 5.26. The summed E-state index contributed by atoms with van der Waals surface area (Å²) in [6.45, 7) is 3.36. The highest BCUT2D eigenvalue weighted by atomic mass is 16.3. The average Bonchev–Trinajstić information content (AvgIpc) is 2.47. The van der Waals surface area contributed by atoms with Crippen LogP contribution < -0.4 is 0 Å². The quantitative estimate of drug-likeness (QED) is 0.687. The van der Waals surface area contributed by atoms with Crippen LogP contribution in [-0.2, 0) is 0 Å². The van der Waals surface area contributed by atoms with Crippen LogP contribution in [0.1, 0.15) is 32.1 Å². The minimum absolute atomic E-state index is 0.0344. The maximum absolute atomic E-state index is 9.84. The Hall–Kier alpha value is -0.0800. The molecule has 1 saturated heterocycles. The van der Waals surface area contributed by atoms with E-state index in [-0.39, 0.29) is 6.10 Å². The van der Waals surface area contributed by atoms with Crippen molar-refractivity contribution in [2.45, 2.75) is 38.2 Å². The molecule has 70 valence electrons. The Morgan fingerprint density at radius 3 is 2.33 bits per heavy atom. The van der Waals surface area contributed by atoms with Crippen molar-refractivity contribution >= 4 is 0 Å². The Balaban J connectivity index is 1.71. The van der Waals surface area contributed by atoms with Gasteiger partial charge in [-0.3, -0.25) is 0 Å². The fourth-order valence-corrected chi connectivity index (χ4v) is 2.32. The molecule has 2 heteroatoms. The molecule has 0 spiro atoms. The molecule has 12 heavy (non-hydrogen) atoms. The number of hydrogen-bond acceptors (Lipinski definition) is 2. The lowest BCUT2D eigenvalue weighted by atomic mass is 9.99. The summed E-state index contributed by atoms with van der Waals surface area (Å²) in [5.41, 5.74) is 0. The minimum atomic E-state index is -0.0344. The Bertz CT molecular complexity index is 139. The van der Waals surface area contributed by atoms with E-state index in [0.29, 0.717) is 5.92 Å². The number of β-amino-alcohol motifs (C(OH)–C–C–N with tert-alkyl or cyclic N) is 1. The third-order valence-corrected chi connectivity index (χ3v) is 3.34. The van der Waals surface area contributed by atoms with Crippen molar-refractivity contribution in [3.05, 3.63) is 0 Å². The van der Waals surface area contributed by atoms with Crippen LogP contribution in [0.15, 0.2) is 0 Å². The second-order valence-corrected chi connectivity index (χ2v) is 4.27. The van der Waals surface area contributed by atoms with Crippen molar-refractivity contribution in [1.82, 2.24) is 4.90 Å². The molecule has 0 bridgehead atoms. The maximum atomic E-state index is 9.84. The van der Waals surface area contributed by atoms with Crippen LogP contribution in [0.25, 0.3) is 0 Å². The second-order valence-electron chi connectivity index (χ2n) is 4.27. The van der Waals surface area contributed by atoms with Crippen molar-refractivity contribution in [2.24, 2.45) is 5.92 Å². The van der Waals surface area contributed by atoms with Crippen LogP contribution in [0, 0.1) is 5.92 Å². The number of rotatable bonds is 3. The molecule has 1 unspecified atom stereocenters. The summed E-state index contributed by atoms with van der Waals surface area (Å²) in [4.78, 5) is 2.36. The molecule has 2 rings (SSSR count). The van der Waals surface area contributed by atoms with Crippen molar-refractivity contribution in [3.8, 4) is 0 Å². The van der Waals surface area contributed by atoms with Crippen molar-refractivity contribution < 1.29 is 5.11 Å². The van der Waals surface area contributed by atoms with E-state index in [1.54, 1.807) is 0 Å². The van der Waals surface area contributed by atoms with Crippen LogP contribution in [0.5, 0.6) is 0 Å². The second kappa shape index (κ2) is 3.75. The highest BCUT2D eigenvalue weighted by Crippen LogP contribution is 2.28. The molecule has 0 aromatic carbocycles. The predicted octanol–water partition coefficient (Wildman–Crippen LogP) is 1.24. The van der Waals surface area contributed by atoms with Gasteiger partial charge in [0.1, 0.15) is 0 Å². The fraction of sp³-hybridized carbons (Fsp3) is 1.00. The molecule has 1 saturated carbocycles. The van der Waals surface area contributed by atoms with Gasteiger partial charge in [-0.15, -0.1) is 0 Å². The van der Waals surface area contributed by atoms with E-state index in [4.69, 9.17) is 0 Å². The van der Waals surface area contributed by atoms with Gasteiger partial charge < -0.3 is 10.0 Å². The van der Waals surface area contributed by atoms with E-state index in [0.717, 1.165) is 6.54 Å². The van der Waals surface area contributed by atoms with Crippen LogP contribution in [0.2, 0.25) is 0 Å². The standard InChI is InChI=1S/C10H19NO/c12-10(8-11-6-3-7-11)9-4-1-2-5-9/h9-10,12H,1-8H2. The molecule has 1 atom stereocenters. The third kappa shape index (κ3) is 1.80. The molecule has 2 aliphatic rings. The first-order chi connectivity index (χ1) is 5.86. The number of hydrogen-bond donors (Lipinski definition) is 1. The molecule has 2 fully saturated rings. The monoisotopic (exact) mass is 169 g/mol. The summed E-state index contributed by atoms with van der Waals surface area (Å²) in [7, 11) is 0. The highest BCUT2D eigenvalue weighted by Gasteiger charge is 2.26. The molecule has 0 amide bonds. The fourth-order valence-electron chi connectivity index (χ4n) is 2.32. The van der Waals surface area contributed by atoms with Crippen LogP contribution in [0.4, 0.5) is 0 Å². The van der Waals surface area contributed by atoms with Crippen molar-refractivity contribution in [2.75, 3.05) is 19.6 Å². The average molecular weight is 169 g/mol. The van der Waals surface area contributed by atoms with Gasteiger partial charge in [0.2, 0.25) is 0 Å². The largest absolute Gasteiger partial charge is 0.392 e. The van der Waals surface area contributed by atoms with Gasteiger partial charge in [-0.1, -0.05) is 12.8 Å². The Morgan fingerprint density at radius 2 is 1.83 bits per heavy atom. The number of likely N-dealkylation sites (tertiary alicyclic amines) is 1. The predicted molar refractivity (Wildman–Crippen MR) is 49.0 cm³/mol. The maximum Gasteiger partial charge on any atom is 0.0695 e. The number of nitrogens with zero attached hydrogens (tertiary/aromatic N) is 1. The van der Waals surface area contributed by atoms with Gasteiger partial charge in [0.05, 0.1) is 6.10 Å². The van der Waals surface area contributed by atoms with E-state index >= 15 is 0 Å². The van der Waals surface area contributed by atoms with Gasteiger partial charge in [-0.05, 0) is 38.3 Å². The van der Waals surface area contributed by atoms with Gasteiger partial charge in [0.15, 0.2) is 0 Å². The summed E-state index contributed by atoms with van der Waals surface area (Å²) in [6.07, 6.45) is 6.48. The summed E-state index contributed by atoms with van der Waals surface area (Å²) in [5.74, 6) is 0.616. The van der Waals surface area contributed by atoms with Crippen molar-refractivity contribution in [3.63, 3.8) is 0 Å². The SMILES string of the molecule is OC(CN1CCC1)C1CCCC1. The molecule has 1 N–H and O–H groups in total. The zero-order valence-electron chi connectivity index (χ0n) is 7.71. The van der Waals surface area contributed by atoms with E-state index < -0.39 is 0 Å². The van der Waals surface area contributed by atoms with E-state index in [1.165, 1.54) is 45.2 Å². The number of aliphatic hydroxyl groups is 1. The molecule has 2 nitrogen and oxygen atoms in total. The summed E-state index contributed by atoms with van der Waals surface area (Å²) in [6, 6.07) is 0. The normalized spacial score (nSPS) is 28.8. The first-order valence-electron chi connectivity index (χ1n) is 5.26. The van der Waals surface area contributed by atoms with Crippen LogP contribution in [0.3, 0.4) is 0 Å². The van der Waals surface area contributed by atoms with Crippen LogP contribution in [-0.4, -0.2) is 35.7 Å². The minimum Gasteiger partial charge on any atom is -0.392 e. The molecule has 0 aromatic rings. The molecular weight excluding hydrogens is 150 g/mol. The molecule has 1 aliphatic heterocycles. The summed E-state index contributed by atoms with van der Waals surface area (Å²) in [5, 5.41) is 9.84. The molecule has 0 aromatic heterocycles. The molecule has 0 radical (unpaired) electrons. The lowest BCUT2D eigenvalue weighted by Crippen LogP contribution is -2.43. The van der Waals surface area contributed by atoms with Gasteiger partial charge in [-0.25, -0.2) is 0 Å². The van der Waals surface area contributed by atoms with Crippen LogP contribution >= 0.6 is 0 Å². The van der Waals surface area contributed by atoms with Gasteiger partial charge in [0, 0.05) is 6.54 Å². The zero-order valence-corrected chi connectivity index (χ0v) is 7.71. The first kappa shape index (κ1) is 8.52. The van der Waals surface area contributed by atoms with E-state index in [9.17, 15) is 5.11 Å². The third-order valence-electron chi connectivity index (χ3n) is 3.34. The summed E-state index contributed by atoms with van der Waals surface area (Å²) < 4.78 is 0.